The number of hydrogen-bond donors (Lipinski definition) is 1. The first kappa shape index (κ1) is 16.7. The molecule has 7 nitrogen and oxygen atoms in total. The lowest BCUT2D eigenvalue weighted by Gasteiger charge is -2.24. The third-order valence-corrected chi connectivity index (χ3v) is 4.06. The van der Waals surface area contributed by atoms with Crippen molar-refractivity contribution in [3.05, 3.63) is 83.9 Å². The van der Waals surface area contributed by atoms with Crippen LogP contribution in [0.2, 0.25) is 0 Å². The van der Waals surface area contributed by atoms with Crippen LogP contribution < -0.4 is 10.4 Å². The number of amides is 1. The Morgan fingerprint density at radius 3 is 2.11 bits per heavy atom. The second-order valence-electron chi connectivity index (χ2n) is 6.13. The topological polar surface area (TPSA) is 75.4 Å². The number of nitrogens with one attached hydrogen (secondary N) is 1. The SMILES string of the molecule is Cc1cc(C)n2nc(C(=O)NN(c3ccccc3)c3ccccc3)nc2n1. The lowest BCUT2D eigenvalue weighted by atomic mass is 10.2. The minimum absolute atomic E-state index is 0.0630. The molecule has 0 spiro atoms. The maximum Gasteiger partial charge on any atom is 0.309 e. The molecule has 1 amide bonds. The van der Waals surface area contributed by atoms with E-state index in [0.29, 0.717) is 5.78 Å². The van der Waals surface area contributed by atoms with Gasteiger partial charge in [-0.1, -0.05) is 36.4 Å². The van der Waals surface area contributed by atoms with Crippen molar-refractivity contribution >= 4 is 23.1 Å². The second kappa shape index (κ2) is 6.87. The molecule has 0 unspecified atom stereocenters. The maximum absolute atomic E-state index is 12.8. The summed E-state index contributed by atoms with van der Waals surface area (Å²) in [7, 11) is 0. The van der Waals surface area contributed by atoms with Crippen LogP contribution in [0.4, 0.5) is 11.4 Å². The first-order valence-electron chi connectivity index (χ1n) is 8.54. The van der Waals surface area contributed by atoms with Gasteiger partial charge in [-0.15, -0.1) is 5.10 Å². The van der Waals surface area contributed by atoms with Gasteiger partial charge in [0.2, 0.25) is 5.82 Å². The highest BCUT2D eigenvalue weighted by Gasteiger charge is 2.19. The van der Waals surface area contributed by atoms with Crippen LogP contribution in [0.1, 0.15) is 22.0 Å². The number of nitrogens with zero attached hydrogens (tertiary/aromatic N) is 5. The number of carbonyl (C=O) groups excluding carboxylic acids is 1. The molecule has 0 aliphatic heterocycles. The molecule has 4 aromatic rings. The molecule has 0 aliphatic rings. The first-order chi connectivity index (χ1) is 13.1. The zero-order chi connectivity index (χ0) is 18.8. The van der Waals surface area contributed by atoms with Crippen molar-refractivity contribution in [2.75, 3.05) is 5.01 Å². The standard InChI is InChI=1S/C20H18N6O/c1-14-13-15(2)25-20(21-14)22-18(23-25)19(27)24-26(16-9-5-3-6-10-16)17-11-7-4-8-12-17/h3-13H,1-2H3,(H,24,27). The lowest BCUT2D eigenvalue weighted by molar-refractivity contribution is 0.0943. The lowest BCUT2D eigenvalue weighted by Crippen LogP contribution is -2.39. The van der Waals surface area contributed by atoms with Gasteiger partial charge in [-0.25, -0.2) is 9.50 Å². The van der Waals surface area contributed by atoms with E-state index in [1.807, 2.05) is 80.6 Å². The van der Waals surface area contributed by atoms with Gasteiger partial charge in [-0.2, -0.15) is 4.98 Å². The van der Waals surface area contributed by atoms with E-state index >= 15 is 0 Å². The zero-order valence-electron chi connectivity index (χ0n) is 15.0. The largest absolute Gasteiger partial charge is 0.309 e. The van der Waals surface area contributed by atoms with Crippen LogP contribution in [-0.4, -0.2) is 25.5 Å². The van der Waals surface area contributed by atoms with Gasteiger partial charge in [-0.05, 0) is 44.2 Å². The van der Waals surface area contributed by atoms with Gasteiger partial charge >= 0.3 is 5.91 Å². The number of carbonyl (C=O) groups is 1. The predicted octanol–water partition coefficient (Wildman–Crippen LogP) is 3.22. The van der Waals surface area contributed by atoms with E-state index in [1.54, 1.807) is 9.52 Å². The Balaban J connectivity index is 1.69. The Morgan fingerprint density at radius 2 is 1.52 bits per heavy atom. The molecular formula is C20H18N6O. The number of hydrazine groups is 1. The summed E-state index contributed by atoms with van der Waals surface area (Å²) in [6, 6.07) is 21.1. The minimum Gasteiger partial charge on any atom is -0.264 e. The van der Waals surface area contributed by atoms with Crippen molar-refractivity contribution in [2.45, 2.75) is 13.8 Å². The normalized spacial score (nSPS) is 10.7. The molecular weight excluding hydrogens is 340 g/mol. The van der Waals surface area contributed by atoms with Crippen molar-refractivity contribution in [2.24, 2.45) is 0 Å². The number of aromatic nitrogens is 4. The summed E-state index contributed by atoms with van der Waals surface area (Å²) in [6.07, 6.45) is 0. The fourth-order valence-electron chi connectivity index (χ4n) is 2.85. The van der Waals surface area contributed by atoms with Crippen LogP contribution in [0, 0.1) is 13.8 Å². The highest BCUT2D eigenvalue weighted by atomic mass is 16.2. The number of benzene rings is 2. The highest BCUT2D eigenvalue weighted by Crippen LogP contribution is 2.22. The molecule has 27 heavy (non-hydrogen) atoms. The molecule has 2 heterocycles. The number of anilines is 2. The summed E-state index contributed by atoms with van der Waals surface area (Å²) in [5.74, 6) is 0.0574. The van der Waals surface area contributed by atoms with E-state index < -0.39 is 5.91 Å². The summed E-state index contributed by atoms with van der Waals surface area (Å²) < 4.78 is 1.57. The van der Waals surface area contributed by atoms with Crippen LogP contribution in [0.5, 0.6) is 0 Å². The first-order valence-corrected chi connectivity index (χ1v) is 8.54. The summed E-state index contributed by atoms with van der Waals surface area (Å²) >= 11 is 0. The molecule has 0 bridgehead atoms. The maximum atomic E-state index is 12.8. The Kier molecular flexibility index (Phi) is 4.25. The molecule has 0 atom stereocenters. The Labute approximate surface area is 156 Å². The summed E-state index contributed by atoms with van der Waals surface area (Å²) in [6.45, 7) is 3.78. The van der Waals surface area contributed by atoms with Crippen LogP contribution >= 0.6 is 0 Å². The van der Waals surface area contributed by atoms with E-state index in [4.69, 9.17) is 0 Å². The molecule has 1 N–H and O–H groups in total. The van der Waals surface area contributed by atoms with Crippen molar-refractivity contribution < 1.29 is 4.79 Å². The van der Waals surface area contributed by atoms with E-state index in [1.165, 1.54) is 0 Å². The van der Waals surface area contributed by atoms with Crippen molar-refractivity contribution in [1.82, 2.24) is 25.0 Å². The average molecular weight is 358 g/mol. The molecule has 0 radical (unpaired) electrons. The summed E-state index contributed by atoms with van der Waals surface area (Å²) in [4.78, 5) is 21.5. The predicted molar refractivity (Wildman–Crippen MR) is 103 cm³/mol. The molecule has 7 heteroatoms. The number of aryl methyl sites for hydroxylation is 2. The Hall–Kier alpha value is -3.74. The third-order valence-electron chi connectivity index (χ3n) is 4.06. The molecule has 2 aromatic heterocycles. The number of hydrogen-bond acceptors (Lipinski definition) is 5. The Morgan fingerprint density at radius 1 is 0.926 bits per heavy atom. The van der Waals surface area contributed by atoms with Crippen molar-refractivity contribution in [3.63, 3.8) is 0 Å². The molecule has 0 saturated carbocycles. The van der Waals surface area contributed by atoms with E-state index in [0.717, 1.165) is 22.8 Å². The number of para-hydroxylation sites is 2. The highest BCUT2D eigenvalue weighted by molar-refractivity contribution is 5.93. The van der Waals surface area contributed by atoms with Gasteiger partial charge in [0, 0.05) is 11.4 Å². The van der Waals surface area contributed by atoms with Crippen LogP contribution in [0.25, 0.3) is 5.78 Å². The molecule has 0 fully saturated rings. The van der Waals surface area contributed by atoms with Gasteiger partial charge in [0.25, 0.3) is 5.78 Å². The van der Waals surface area contributed by atoms with Gasteiger partial charge in [0.15, 0.2) is 0 Å². The van der Waals surface area contributed by atoms with Crippen LogP contribution in [0.15, 0.2) is 66.7 Å². The van der Waals surface area contributed by atoms with E-state index in [-0.39, 0.29) is 5.82 Å². The molecule has 134 valence electrons. The van der Waals surface area contributed by atoms with E-state index in [2.05, 4.69) is 20.5 Å². The number of fused-ring (bicyclic) bond motifs is 1. The van der Waals surface area contributed by atoms with Crippen LogP contribution in [0.3, 0.4) is 0 Å². The van der Waals surface area contributed by atoms with Crippen molar-refractivity contribution in [3.8, 4) is 0 Å². The zero-order valence-corrected chi connectivity index (χ0v) is 15.0. The molecule has 4 rings (SSSR count). The Bertz CT molecular complexity index is 1050. The van der Waals surface area contributed by atoms with Crippen LogP contribution in [-0.2, 0) is 0 Å². The average Bonchev–Trinajstić information content (AvgIpc) is 3.12. The quantitative estimate of drug-likeness (QED) is 0.567. The monoisotopic (exact) mass is 358 g/mol. The fraction of sp³-hybridized carbons (Fsp3) is 0.100. The molecule has 0 aliphatic carbocycles. The smallest absolute Gasteiger partial charge is 0.264 e. The van der Waals surface area contributed by atoms with Crippen molar-refractivity contribution in [1.29, 1.82) is 0 Å². The minimum atomic E-state index is -0.412. The summed E-state index contributed by atoms with van der Waals surface area (Å²) in [5, 5.41) is 6.01. The van der Waals surface area contributed by atoms with Gasteiger partial charge < -0.3 is 0 Å². The summed E-state index contributed by atoms with van der Waals surface area (Å²) in [5.41, 5.74) is 6.24. The third kappa shape index (κ3) is 3.35. The van der Waals surface area contributed by atoms with Gasteiger partial charge in [0.05, 0.1) is 11.4 Å². The molecule has 2 aromatic carbocycles. The van der Waals surface area contributed by atoms with Gasteiger partial charge in [-0.3, -0.25) is 15.2 Å². The number of rotatable bonds is 4. The fourth-order valence-corrected chi connectivity index (χ4v) is 2.85. The van der Waals surface area contributed by atoms with Gasteiger partial charge in [0.1, 0.15) is 0 Å². The van der Waals surface area contributed by atoms with E-state index in [9.17, 15) is 4.79 Å². The second-order valence-corrected chi connectivity index (χ2v) is 6.13. The molecule has 0 saturated heterocycles.